The zero-order valence-corrected chi connectivity index (χ0v) is 10.9. The first-order chi connectivity index (χ1) is 7.60. The van der Waals surface area contributed by atoms with Gasteiger partial charge >= 0.3 is 0 Å². The second kappa shape index (κ2) is 5.88. The first kappa shape index (κ1) is 13.0. The molecule has 1 atom stereocenters. The Morgan fingerprint density at radius 2 is 2.06 bits per heavy atom. The Kier molecular flexibility index (Phi) is 4.78. The Bertz CT molecular complexity index is 392. The van der Waals surface area contributed by atoms with Gasteiger partial charge in [0.25, 0.3) is 5.56 Å². The van der Waals surface area contributed by atoms with Crippen LogP contribution >= 0.6 is 0 Å². The molecule has 0 amide bonds. The molecule has 90 valence electrons. The molecule has 1 unspecified atom stereocenters. The van der Waals surface area contributed by atoms with E-state index < -0.39 is 0 Å². The van der Waals surface area contributed by atoms with Crippen LogP contribution in [-0.2, 0) is 6.42 Å². The summed E-state index contributed by atoms with van der Waals surface area (Å²) >= 11 is 0. The van der Waals surface area contributed by atoms with Crippen LogP contribution in [0.25, 0.3) is 0 Å². The van der Waals surface area contributed by atoms with Crippen molar-refractivity contribution in [3.05, 3.63) is 33.7 Å². The Hall–Kier alpha value is -1.05. The van der Waals surface area contributed by atoms with Crippen molar-refractivity contribution in [2.45, 2.75) is 59.4 Å². The molecule has 0 aromatic carbocycles. The summed E-state index contributed by atoms with van der Waals surface area (Å²) in [6.07, 6.45) is 6.26. The van der Waals surface area contributed by atoms with E-state index in [0.717, 1.165) is 18.4 Å². The van der Waals surface area contributed by atoms with E-state index in [0.29, 0.717) is 6.04 Å². The van der Waals surface area contributed by atoms with Gasteiger partial charge in [0.1, 0.15) is 0 Å². The fraction of sp³-hybridized carbons (Fsp3) is 0.643. The summed E-state index contributed by atoms with van der Waals surface area (Å²) in [4.78, 5) is 12.1. The molecule has 0 aliphatic heterocycles. The van der Waals surface area contributed by atoms with Gasteiger partial charge in [0.05, 0.1) is 0 Å². The van der Waals surface area contributed by atoms with Crippen LogP contribution in [0.1, 0.15) is 57.2 Å². The zero-order valence-electron chi connectivity index (χ0n) is 10.9. The molecule has 0 saturated heterocycles. The number of nitrogens with zero attached hydrogens (tertiary/aromatic N) is 1. The van der Waals surface area contributed by atoms with Gasteiger partial charge < -0.3 is 4.57 Å². The largest absolute Gasteiger partial charge is 0.312 e. The average molecular weight is 221 g/mol. The fourth-order valence-electron chi connectivity index (χ4n) is 2.04. The van der Waals surface area contributed by atoms with Crippen LogP contribution in [0.15, 0.2) is 17.1 Å². The standard InChI is InChI=1S/C14H23NO/c1-5-7-8-12(4)15-10-11(3)9-13(6-2)14(15)16/h9-10,12H,5-8H2,1-4H3. The van der Waals surface area contributed by atoms with E-state index in [1.165, 1.54) is 18.4 Å². The van der Waals surface area contributed by atoms with Crippen molar-refractivity contribution in [1.82, 2.24) is 4.57 Å². The quantitative estimate of drug-likeness (QED) is 0.746. The molecule has 0 aliphatic carbocycles. The summed E-state index contributed by atoms with van der Waals surface area (Å²) in [5.74, 6) is 0. The average Bonchev–Trinajstić information content (AvgIpc) is 2.28. The molecule has 0 aliphatic rings. The van der Waals surface area contributed by atoms with Gasteiger partial charge in [0.2, 0.25) is 0 Å². The molecular weight excluding hydrogens is 198 g/mol. The van der Waals surface area contributed by atoms with Gasteiger partial charge in [-0.15, -0.1) is 0 Å². The van der Waals surface area contributed by atoms with Crippen molar-refractivity contribution < 1.29 is 0 Å². The Labute approximate surface area is 98.3 Å². The molecule has 1 aromatic rings. The number of hydrogen-bond donors (Lipinski definition) is 0. The summed E-state index contributed by atoms with van der Waals surface area (Å²) in [6, 6.07) is 2.32. The van der Waals surface area contributed by atoms with Gasteiger partial charge in [0, 0.05) is 17.8 Å². The van der Waals surface area contributed by atoms with E-state index in [-0.39, 0.29) is 5.56 Å². The summed E-state index contributed by atoms with van der Waals surface area (Å²) in [6.45, 7) is 8.41. The van der Waals surface area contributed by atoms with Gasteiger partial charge in [-0.05, 0) is 38.3 Å². The number of aryl methyl sites for hydroxylation is 2. The molecule has 1 aromatic heterocycles. The van der Waals surface area contributed by atoms with Crippen LogP contribution in [0.4, 0.5) is 0 Å². The third-order valence-electron chi connectivity index (χ3n) is 3.09. The van der Waals surface area contributed by atoms with Crippen molar-refractivity contribution in [1.29, 1.82) is 0 Å². The highest BCUT2D eigenvalue weighted by Crippen LogP contribution is 2.13. The highest BCUT2D eigenvalue weighted by Gasteiger charge is 2.09. The second-order valence-electron chi connectivity index (χ2n) is 4.60. The van der Waals surface area contributed by atoms with E-state index >= 15 is 0 Å². The van der Waals surface area contributed by atoms with Crippen molar-refractivity contribution in [2.24, 2.45) is 0 Å². The molecule has 2 heteroatoms. The van der Waals surface area contributed by atoms with Crippen molar-refractivity contribution in [3.63, 3.8) is 0 Å². The van der Waals surface area contributed by atoms with Crippen LogP contribution in [0.5, 0.6) is 0 Å². The van der Waals surface area contributed by atoms with Crippen molar-refractivity contribution in [3.8, 4) is 0 Å². The number of rotatable bonds is 5. The van der Waals surface area contributed by atoms with Gasteiger partial charge in [-0.2, -0.15) is 0 Å². The summed E-state index contributed by atoms with van der Waals surface area (Å²) < 4.78 is 1.91. The predicted molar refractivity (Wildman–Crippen MR) is 69.1 cm³/mol. The molecule has 0 radical (unpaired) electrons. The van der Waals surface area contributed by atoms with E-state index in [4.69, 9.17) is 0 Å². The summed E-state index contributed by atoms with van der Waals surface area (Å²) in [5.41, 5.74) is 2.31. The Morgan fingerprint density at radius 1 is 1.38 bits per heavy atom. The van der Waals surface area contributed by atoms with E-state index in [1.807, 2.05) is 23.8 Å². The molecule has 0 saturated carbocycles. The lowest BCUT2D eigenvalue weighted by molar-refractivity contribution is 0.469. The summed E-state index contributed by atoms with van der Waals surface area (Å²) in [7, 11) is 0. The monoisotopic (exact) mass is 221 g/mol. The first-order valence-corrected chi connectivity index (χ1v) is 6.31. The molecule has 1 rings (SSSR count). The second-order valence-corrected chi connectivity index (χ2v) is 4.60. The number of unbranched alkanes of at least 4 members (excludes halogenated alkanes) is 1. The minimum Gasteiger partial charge on any atom is -0.312 e. The van der Waals surface area contributed by atoms with Gasteiger partial charge in [-0.25, -0.2) is 0 Å². The zero-order chi connectivity index (χ0) is 12.1. The molecule has 0 N–H and O–H groups in total. The Morgan fingerprint density at radius 3 is 2.62 bits per heavy atom. The highest BCUT2D eigenvalue weighted by atomic mass is 16.1. The fourth-order valence-corrected chi connectivity index (χ4v) is 2.04. The molecular formula is C14H23NO. The molecule has 0 spiro atoms. The molecule has 0 fully saturated rings. The van der Waals surface area contributed by atoms with Gasteiger partial charge in [0.15, 0.2) is 0 Å². The lowest BCUT2D eigenvalue weighted by atomic mass is 10.1. The smallest absolute Gasteiger partial charge is 0.253 e. The molecule has 16 heavy (non-hydrogen) atoms. The number of pyridine rings is 1. The Balaban J connectivity index is 3.03. The SMILES string of the molecule is CCCCC(C)n1cc(C)cc(CC)c1=O. The van der Waals surface area contributed by atoms with Crippen LogP contribution in [0.3, 0.4) is 0 Å². The van der Waals surface area contributed by atoms with E-state index in [1.54, 1.807) is 0 Å². The van der Waals surface area contributed by atoms with Crippen molar-refractivity contribution >= 4 is 0 Å². The van der Waals surface area contributed by atoms with Crippen LogP contribution in [0, 0.1) is 6.92 Å². The minimum absolute atomic E-state index is 0.191. The van der Waals surface area contributed by atoms with E-state index in [9.17, 15) is 4.79 Å². The summed E-state index contributed by atoms with van der Waals surface area (Å²) in [5, 5.41) is 0. The predicted octanol–water partition coefficient (Wildman–Crippen LogP) is 3.47. The molecule has 1 heterocycles. The third kappa shape index (κ3) is 2.97. The minimum atomic E-state index is 0.191. The maximum Gasteiger partial charge on any atom is 0.253 e. The van der Waals surface area contributed by atoms with Crippen LogP contribution < -0.4 is 5.56 Å². The molecule has 0 bridgehead atoms. The maximum atomic E-state index is 12.1. The lowest BCUT2D eigenvalue weighted by Crippen LogP contribution is -2.26. The first-order valence-electron chi connectivity index (χ1n) is 6.31. The normalized spacial score (nSPS) is 12.8. The highest BCUT2D eigenvalue weighted by molar-refractivity contribution is 5.18. The number of aromatic nitrogens is 1. The third-order valence-corrected chi connectivity index (χ3v) is 3.09. The van der Waals surface area contributed by atoms with Gasteiger partial charge in [-0.3, -0.25) is 4.79 Å². The molecule has 2 nitrogen and oxygen atoms in total. The van der Waals surface area contributed by atoms with Gasteiger partial charge in [-0.1, -0.05) is 26.7 Å². The lowest BCUT2D eigenvalue weighted by Gasteiger charge is -2.16. The van der Waals surface area contributed by atoms with E-state index in [2.05, 4.69) is 20.8 Å². The van der Waals surface area contributed by atoms with Crippen LogP contribution in [0.2, 0.25) is 0 Å². The maximum absolute atomic E-state index is 12.1. The van der Waals surface area contributed by atoms with Crippen LogP contribution in [-0.4, -0.2) is 4.57 Å². The number of hydrogen-bond acceptors (Lipinski definition) is 1. The topological polar surface area (TPSA) is 22.0 Å². The van der Waals surface area contributed by atoms with Crippen molar-refractivity contribution in [2.75, 3.05) is 0 Å².